The van der Waals surface area contributed by atoms with E-state index in [0.29, 0.717) is 37.6 Å². The Labute approximate surface area is 161 Å². The Morgan fingerprint density at radius 3 is 2.96 bits per heavy atom. The Balaban J connectivity index is 1.46. The zero-order valence-corrected chi connectivity index (χ0v) is 15.0. The number of carbonyl (C=O) groups is 1. The van der Waals surface area contributed by atoms with Crippen LogP contribution >= 0.6 is 0 Å². The summed E-state index contributed by atoms with van der Waals surface area (Å²) in [5, 5.41) is 3.27. The molecule has 0 aliphatic carbocycles. The van der Waals surface area contributed by atoms with Gasteiger partial charge in [-0.1, -0.05) is 0 Å². The molecular formula is C20H19FN4O3. The van der Waals surface area contributed by atoms with Crippen LogP contribution in [0.5, 0.6) is 5.75 Å². The van der Waals surface area contributed by atoms with Crippen molar-refractivity contribution in [2.75, 3.05) is 26.2 Å². The van der Waals surface area contributed by atoms with Gasteiger partial charge in [-0.05, 0) is 36.4 Å². The summed E-state index contributed by atoms with van der Waals surface area (Å²) in [5.41, 5.74) is 0.824. The Morgan fingerprint density at radius 1 is 1.32 bits per heavy atom. The van der Waals surface area contributed by atoms with Gasteiger partial charge in [0, 0.05) is 31.4 Å². The Bertz CT molecular complexity index is 930. The van der Waals surface area contributed by atoms with E-state index in [1.165, 1.54) is 18.4 Å². The van der Waals surface area contributed by atoms with Gasteiger partial charge in [-0.15, -0.1) is 0 Å². The lowest BCUT2D eigenvalue weighted by Gasteiger charge is -2.35. The first kappa shape index (κ1) is 18.1. The van der Waals surface area contributed by atoms with E-state index in [1.807, 2.05) is 6.07 Å². The van der Waals surface area contributed by atoms with Gasteiger partial charge in [-0.3, -0.25) is 9.78 Å². The average molecular weight is 382 g/mol. The fourth-order valence-electron chi connectivity index (χ4n) is 3.05. The van der Waals surface area contributed by atoms with Crippen molar-refractivity contribution in [3.05, 3.63) is 66.6 Å². The number of amides is 1. The van der Waals surface area contributed by atoms with Crippen LogP contribution in [0.2, 0.25) is 0 Å². The molecule has 1 fully saturated rings. The van der Waals surface area contributed by atoms with Crippen LogP contribution in [0, 0.1) is 5.82 Å². The van der Waals surface area contributed by atoms with Crippen molar-refractivity contribution >= 4 is 5.91 Å². The largest absolute Gasteiger partial charge is 0.490 e. The van der Waals surface area contributed by atoms with E-state index in [-0.39, 0.29) is 29.4 Å². The van der Waals surface area contributed by atoms with Gasteiger partial charge in [-0.2, -0.15) is 0 Å². The van der Waals surface area contributed by atoms with Gasteiger partial charge in [0.05, 0.1) is 12.2 Å². The average Bonchev–Trinajstić information content (AvgIpc) is 3.23. The molecule has 3 heterocycles. The van der Waals surface area contributed by atoms with Gasteiger partial charge in [0.25, 0.3) is 5.91 Å². The fourth-order valence-corrected chi connectivity index (χ4v) is 3.05. The lowest BCUT2D eigenvalue weighted by Crippen LogP contribution is -2.56. The highest BCUT2D eigenvalue weighted by atomic mass is 19.1. The van der Waals surface area contributed by atoms with Gasteiger partial charge in [0.15, 0.2) is 5.69 Å². The molecule has 3 aromatic rings. The highest BCUT2D eigenvalue weighted by Gasteiger charge is 2.30. The minimum atomic E-state index is -0.344. The van der Waals surface area contributed by atoms with Crippen molar-refractivity contribution in [3.8, 4) is 17.2 Å². The van der Waals surface area contributed by atoms with Gasteiger partial charge < -0.3 is 19.4 Å². The number of oxazole rings is 1. The van der Waals surface area contributed by atoms with Crippen LogP contribution in [-0.2, 0) is 0 Å². The maximum Gasteiger partial charge on any atom is 0.276 e. The number of nitrogens with one attached hydrogen (secondary N) is 1. The summed E-state index contributed by atoms with van der Waals surface area (Å²) >= 11 is 0. The van der Waals surface area contributed by atoms with Crippen LogP contribution in [0.3, 0.4) is 0 Å². The van der Waals surface area contributed by atoms with Crippen molar-refractivity contribution in [2.45, 2.75) is 6.04 Å². The molecule has 1 aromatic carbocycles. The molecule has 1 aliphatic heterocycles. The molecule has 1 atom stereocenters. The van der Waals surface area contributed by atoms with Crippen LogP contribution in [-0.4, -0.2) is 53.1 Å². The van der Waals surface area contributed by atoms with Crippen LogP contribution in [0.25, 0.3) is 11.5 Å². The van der Waals surface area contributed by atoms with Crippen molar-refractivity contribution in [2.24, 2.45) is 0 Å². The molecule has 1 amide bonds. The maximum absolute atomic E-state index is 13.1. The van der Waals surface area contributed by atoms with Crippen LogP contribution < -0.4 is 10.1 Å². The number of nitrogens with zero attached hydrogens (tertiary/aromatic N) is 3. The van der Waals surface area contributed by atoms with Crippen LogP contribution in [0.4, 0.5) is 4.39 Å². The molecule has 0 radical (unpaired) electrons. The summed E-state index contributed by atoms with van der Waals surface area (Å²) < 4.78 is 24.3. The maximum atomic E-state index is 13.1. The Hall–Kier alpha value is -3.26. The van der Waals surface area contributed by atoms with Crippen LogP contribution in [0.15, 0.2) is 59.5 Å². The summed E-state index contributed by atoms with van der Waals surface area (Å²) in [6.45, 7) is 2.19. The molecule has 1 saturated heterocycles. The van der Waals surface area contributed by atoms with E-state index in [9.17, 15) is 9.18 Å². The molecule has 1 N–H and O–H groups in total. The molecular weight excluding hydrogens is 363 g/mol. The monoisotopic (exact) mass is 382 g/mol. The van der Waals surface area contributed by atoms with E-state index in [0.717, 1.165) is 0 Å². The first-order valence-electron chi connectivity index (χ1n) is 8.97. The summed E-state index contributed by atoms with van der Waals surface area (Å²) in [5.74, 6) is 0.365. The minimum Gasteiger partial charge on any atom is -0.490 e. The molecule has 1 unspecified atom stereocenters. The van der Waals surface area contributed by atoms with Gasteiger partial charge in [0.2, 0.25) is 5.89 Å². The normalized spacial score (nSPS) is 16.8. The van der Waals surface area contributed by atoms with Gasteiger partial charge in [0.1, 0.15) is 24.4 Å². The van der Waals surface area contributed by atoms with E-state index < -0.39 is 0 Å². The number of benzene rings is 1. The second-order valence-corrected chi connectivity index (χ2v) is 6.40. The third-order valence-corrected chi connectivity index (χ3v) is 4.50. The summed E-state index contributed by atoms with van der Waals surface area (Å²) in [6.07, 6.45) is 4.64. The van der Waals surface area contributed by atoms with E-state index in [2.05, 4.69) is 15.3 Å². The number of hydrogen-bond donors (Lipinski definition) is 1. The molecule has 2 aromatic heterocycles. The van der Waals surface area contributed by atoms with Crippen molar-refractivity contribution in [3.63, 3.8) is 0 Å². The number of aromatic nitrogens is 2. The number of ether oxygens (including phenoxy) is 1. The van der Waals surface area contributed by atoms with Crippen LogP contribution in [0.1, 0.15) is 10.5 Å². The Kier molecular flexibility index (Phi) is 5.29. The third-order valence-electron chi connectivity index (χ3n) is 4.50. The second-order valence-electron chi connectivity index (χ2n) is 6.40. The van der Waals surface area contributed by atoms with Crippen molar-refractivity contribution in [1.29, 1.82) is 0 Å². The molecule has 144 valence electrons. The summed E-state index contributed by atoms with van der Waals surface area (Å²) in [7, 11) is 0. The number of hydrogen-bond acceptors (Lipinski definition) is 6. The predicted octanol–water partition coefficient (Wildman–Crippen LogP) is 2.37. The highest BCUT2D eigenvalue weighted by molar-refractivity contribution is 5.92. The molecule has 8 heteroatoms. The fraction of sp³-hybridized carbons (Fsp3) is 0.250. The molecule has 1 aliphatic rings. The van der Waals surface area contributed by atoms with E-state index in [1.54, 1.807) is 35.5 Å². The lowest BCUT2D eigenvalue weighted by molar-refractivity contribution is 0.0553. The standard InChI is InChI=1S/C20H19FN4O3/c21-15-5-3-14(4-6-15)19-24-18(13-28-19)20(26)25-9-8-23-10-16(25)12-27-17-2-1-7-22-11-17/h1-7,11,13,16,23H,8-10,12H2. The molecule has 0 bridgehead atoms. The quantitative estimate of drug-likeness (QED) is 0.730. The minimum absolute atomic E-state index is 0.146. The predicted molar refractivity (Wildman–Crippen MR) is 99.3 cm³/mol. The highest BCUT2D eigenvalue weighted by Crippen LogP contribution is 2.20. The number of piperazine rings is 1. The zero-order valence-electron chi connectivity index (χ0n) is 15.0. The zero-order chi connectivity index (χ0) is 19.3. The smallest absolute Gasteiger partial charge is 0.276 e. The van der Waals surface area contributed by atoms with Crippen molar-refractivity contribution in [1.82, 2.24) is 20.2 Å². The summed E-state index contributed by atoms with van der Waals surface area (Å²) in [6, 6.07) is 9.24. The molecule has 4 rings (SSSR count). The van der Waals surface area contributed by atoms with E-state index >= 15 is 0 Å². The topological polar surface area (TPSA) is 80.5 Å². The first-order valence-corrected chi connectivity index (χ1v) is 8.97. The molecule has 28 heavy (non-hydrogen) atoms. The van der Waals surface area contributed by atoms with Crippen molar-refractivity contribution < 1.29 is 18.3 Å². The van der Waals surface area contributed by atoms with Gasteiger partial charge >= 0.3 is 0 Å². The Morgan fingerprint density at radius 2 is 2.18 bits per heavy atom. The molecule has 0 saturated carbocycles. The number of rotatable bonds is 5. The second kappa shape index (κ2) is 8.18. The number of halogens is 1. The van der Waals surface area contributed by atoms with Gasteiger partial charge in [-0.25, -0.2) is 9.37 Å². The number of pyridine rings is 1. The molecule has 0 spiro atoms. The lowest BCUT2D eigenvalue weighted by atomic mass is 10.2. The SMILES string of the molecule is O=C(c1coc(-c2ccc(F)cc2)n1)N1CCNCC1COc1cccnc1. The third kappa shape index (κ3) is 4.01. The first-order chi connectivity index (χ1) is 13.7. The summed E-state index contributed by atoms with van der Waals surface area (Å²) in [4.78, 5) is 23.0. The molecule has 7 nitrogen and oxygen atoms in total. The number of carbonyl (C=O) groups excluding carboxylic acids is 1. The van der Waals surface area contributed by atoms with E-state index in [4.69, 9.17) is 9.15 Å².